The van der Waals surface area contributed by atoms with E-state index in [2.05, 4.69) is 59.4 Å². The number of ether oxygens (including phenoxy) is 1. The lowest BCUT2D eigenvalue weighted by Gasteiger charge is -2.21. The fourth-order valence-corrected chi connectivity index (χ4v) is 3.26. The van der Waals surface area contributed by atoms with Gasteiger partial charge in [-0.25, -0.2) is 0 Å². The lowest BCUT2D eigenvalue weighted by Crippen LogP contribution is -2.36. The molecule has 140 valence electrons. The van der Waals surface area contributed by atoms with Crippen molar-refractivity contribution in [3.05, 3.63) is 69.6 Å². The van der Waals surface area contributed by atoms with Crippen LogP contribution in [0.3, 0.4) is 0 Å². The van der Waals surface area contributed by atoms with Gasteiger partial charge >= 0.3 is 0 Å². The Kier molecular flexibility index (Phi) is 8.39. The average Bonchev–Trinajstić information content (AvgIpc) is 2.71. The van der Waals surface area contributed by atoms with Gasteiger partial charge in [-0.1, -0.05) is 30.3 Å². The van der Waals surface area contributed by atoms with Crippen molar-refractivity contribution in [2.75, 3.05) is 13.6 Å². The largest absolute Gasteiger partial charge is 0.488 e. The molecule has 26 heavy (non-hydrogen) atoms. The van der Waals surface area contributed by atoms with E-state index in [4.69, 9.17) is 17.0 Å². The van der Waals surface area contributed by atoms with E-state index in [1.54, 1.807) is 0 Å². The van der Waals surface area contributed by atoms with Crippen molar-refractivity contribution in [1.29, 1.82) is 0 Å². The number of halogens is 1. The second kappa shape index (κ2) is 10.5. The fraction of sp³-hybridized carbons (Fsp3) is 0.381. The number of nitrogens with zero attached hydrogens (tertiary/aromatic N) is 1. The topological polar surface area (TPSA) is 24.5 Å². The Morgan fingerprint density at radius 3 is 2.73 bits per heavy atom. The first-order valence-corrected chi connectivity index (χ1v) is 10.2. The molecule has 3 nitrogen and oxygen atoms in total. The van der Waals surface area contributed by atoms with Crippen molar-refractivity contribution in [2.45, 2.75) is 39.7 Å². The highest BCUT2D eigenvalue weighted by Gasteiger charge is 2.12. The third-order valence-electron chi connectivity index (χ3n) is 4.35. The summed E-state index contributed by atoms with van der Waals surface area (Å²) in [5, 5.41) is 4.12. The number of thiocarbonyl (C=S) groups is 1. The van der Waals surface area contributed by atoms with Gasteiger partial charge in [-0.05, 0) is 84.5 Å². The Hall–Kier alpha value is -1.59. The summed E-state index contributed by atoms with van der Waals surface area (Å²) in [6.45, 7) is 5.67. The van der Waals surface area contributed by atoms with Crippen molar-refractivity contribution in [2.24, 2.45) is 0 Å². The number of nitrogens with one attached hydrogen (secondary N) is 1. The second-order valence-electron chi connectivity index (χ2n) is 6.37. The first kappa shape index (κ1) is 20.7. The molecule has 0 aliphatic heterocycles. The van der Waals surface area contributed by atoms with Crippen molar-refractivity contribution >= 4 is 33.3 Å². The van der Waals surface area contributed by atoms with E-state index >= 15 is 0 Å². The minimum Gasteiger partial charge on any atom is -0.488 e. The van der Waals surface area contributed by atoms with Gasteiger partial charge in [0.1, 0.15) is 12.4 Å². The summed E-state index contributed by atoms with van der Waals surface area (Å²) in [6.07, 6.45) is 7.33. The van der Waals surface area contributed by atoms with E-state index in [9.17, 15) is 0 Å². The minimum absolute atomic E-state index is 0.554. The van der Waals surface area contributed by atoms with Crippen LogP contribution in [0.1, 0.15) is 38.7 Å². The normalized spacial score (nSPS) is 22.0. The minimum atomic E-state index is 0.554. The molecule has 5 heteroatoms. The molecule has 0 radical (unpaired) electrons. The molecule has 0 amide bonds. The third-order valence-corrected chi connectivity index (χ3v) is 5.39. The molecule has 1 aromatic carbocycles. The maximum atomic E-state index is 6.08. The molecule has 0 saturated carbocycles. The highest BCUT2D eigenvalue weighted by Crippen LogP contribution is 2.26. The van der Waals surface area contributed by atoms with Crippen molar-refractivity contribution in [1.82, 2.24) is 10.2 Å². The lowest BCUT2D eigenvalue weighted by atomic mass is 10.1. The number of benzene rings is 1. The van der Waals surface area contributed by atoms with Gasteiger partial charge in [-0.2, -0.15) is 0 Å². The summed E-state index contributed by atoms with van der Waals surface area (Å²) in [5.41, 5.74) is 3.49. The van der Waals surface area contributed by atoms with Crippen LogP contribution in [-0.2, 0) is 11.3 Å². The van der Waals surface area contributed by atoms with Gasteiger partial charge in [-0.15, -0.1) is 0 Å². The molecule has 1 aliphatic carbocycles. The molecule has 0 aromatic heterocycles. The molecule has 0 unspecified atom stereocenters. The Morgan fingerprint density at radius 1 is 1.31 bits per heavy atom. The average molecular weight is 435 g/mol. The maximum Gasteiger partial charge on any atom is 0.173 e. The zero-order valence-corrected chi connectivity index (χ0v) is 18.1. The van der Waals surface area contributed by atoms with E-state index in [0.29, 0.717) is 6.61 Å². The molecular weight excluding hydrogens is 408 g/mol. The smallest absolute Gasteiger partial charge is 0.173 e. The van der Waals surface area contributed by atoms with Crippen molar-refractivity contribution in [3.8, 4) is 0 Å². The lowest BCUT2D eigenvalue weighted by molar-refractivity contribution is 0.209. The van der Waals surface area contributed by atoms with Gasteiger partial charge in [0.25, 0.3) is 0 Å². The van der Waals surface area contributed by atoms with Gasteiger partial charge < -0.3 is 15.0 Å². The molecule has 0 heterocycles. The van der Waals surface area contributed by atoms with E-state index in [0.717, 1.165) is 52.4 Å². The highest BCUT2D eigenvalue weighted by atomic mass is 79.9. The molecule has 1 aromatic rings. The van der Waals surface area contributed by atoms with Crippen LogP contribution < -0.4 is 5.32 Å². The Morgan fingerprint density at radius 2 is 2.04 bits per heavy atom. The Balaban J connectivity index is 2.16. The van der Waals surface area contributed by atoms with Crippen LogP contribution in [-0.4, -0.2) is 23.6 Å². The van der Waals surface area contributed by atoms with Gasteiger partial charge in [0.05, 0.1) is 4.48 Å². The number of rotatable bonds is 5. The summed E-state index contributed by atoms with van der Waals surface area (Å²) in [5.74, 6) is 0.873. The van der Waals surface area contributed by atoms with Crippen LogP contribution in [0.4, 0.5) is 0 Å². The summed E-state index contributed by atoms with van der Waals surface area (Å²) < 4.78 is 7.01. The Bertz CT molecular complexity index is 710. The predicted octanol–water partition coefficient (Wildman–Crippen LogP) is 5.65. The zero-order valence-electron chi connectivity index (χ0n) is 15.7. The highest BCUT2D eigenvalue weighted by molar-refractivity contribution is 9.12. The Labute approximate surface area is 170 Å². The van der Waals surface area contributed by atoms with Gasteiger partial charge in [0.15, 0.2) is 5.11 Å². The number of hydrogen-bond acceptors (Lipinski definition) is 2. The van der Waals surface area contributed by atoms with Gasteiger partial charge in [-0.3, -0.25) is 0 Å². The monoisotopic (exact) mass is 434 g/mol. The molecule has 1 N–H and O–H groups in total. The van der Waals surface area contributed by atoms with E-state index in [-0.39, 0.29) is 0 Å². The molecular formula is C21H27BrN2OS. The van der Waals surface area contributed by atoms with Crippen LogP contribution in [0.25, 0.3) is 0 Å². The zero-order chi connectivity index (χ0) is 18.9. The first-order valence-electron chi connectivity index (χ1n) is 8.97. The molecule has 0 fully saturated rings. The van der Waals surface area contributed by atoms with Crippen LogP contribution >= 0.6 is 28.1 Å². The quantitative estimate of drug-likeness (QED) is 0.604. The van der Waals surface area contributed by atoms with Crippen molar-refractivity contribution < 1.29 is 4.74 Å². The number of hydrogen-bond donors (Lipinski definition) is 1. The molecule has 1 aliphatic rings. The summed E-state index contributed by atoms with van der Waals surface area (Å²) in [7, 11) is 1.99. The maximum absolute atomic E-state index is 6.08. The third kappa shape index (κ3) is 6.29. The first-order chi connectivity index (χ1) is 12.5. The molecule has 0 saturated heterocycles. The van der Waals surface area contributed by atoms with E-state index < -0.39 is 0 Å². The van der Waals surface area contributed by atoms with E-state index in [1.165, 1.54) is 5.57 Å². The van der Waals surface area contributed by atoms with Crippen molar-refractivity contribution in [3.63, 3.8) is 0 Å². The van der Waals surface area contributed by atoms with Gasteiger partial charge in [0.2, 0.25) is 0 Å². The van der Waals surface area contributed by atoms with E-state index in [1.807, 2.05) is 30.1 Å². The molecule has 0 spiro atoms. The summed E-state index contributed by atoms with van der Waals surface area (Å²) in [4.78, 5) is 2.02. The van der Waals surface area contributed by atoms with Crippen LogP contribution in [0.15, 0.2) is 64.0 Å². The van der Waals surface area contributed by atoms with Crippen LogP contribution in [0.5, 0.6) is 0 Å². The second-order valence-corrected chi connectivity index (χ2v) is 7.61. The fourth-order valence-electron chi connectivity index (χ4n) is 2.51. The molecule has 0 atom stereocenters. The SMILES string of the molecule is CCN(C)C(=S)NC1=C(\C)CCC/C=C(OCc2ccccc2)/C(Br)=C\1. The predicted molar refractivity (Wildman–Crippen MR) is 117 cm³/mol. The standard InChI is InChI=1S/C21H27BrN2OS/c1-4-24(3)21(26)23-19-14-18(22)20(13-9-8-10-16(19)2)25-15-17-11-6-5-7-12-17/h5-7,11-14H,4,8-10,15H2,1-3H3,(H,23,26)/b18-14+,19-16+,20-13-. The number of allylic oxidation sites excluding steroid dienone is 4. The summed E-state index contributed by atoms with van der Waals surface area (Å²) in [6, 6.07) is 10.2. The molecule has 2 rings (SSSR count). The van der Waals surface area contributed by atoms with Crippen LogP contribution in [0, 0.1) is 0 Å². The molecule has 0 bridgehead atoms. The van der Waals surface area contributed by atoms with Crippen LogP contribution in [0.2, 0.25) is 0 Å². The summed E-state index contributed by atoms with van der Waals surface area (Å²) >= 11 is 9.19. The van der Waals surface area contributed by atoms with Gasteiger partial charge in [0, 0.05) is 19.3 Å².